The number of hydrogen-bond donors (Lipinski definition) is 1. The number of aromatic hydroxyl groups is 1. The highest BCUT2D eigenvalue weighted by Gasteiger charge is 2.27. The Bertz CT molecular complexity index is 628. The first-order valence-electron chi connectivity index (χ1n) is 7.33. The first-order valence-corrected chi connectivity index (χ1v) is 8.31. The highest BCUT2D eigenvalue weighted by atomic mass is 32.2. The molecule has 2 nitrogen and oxygen atoms in total. The second kappa shape index (κ2) is 6.12. The average Bonchev–Trinajstić information content (AvgIpc) is 2.90. The fraction of sp³-hybridized carbons (Fsp3) is 0.333. The molecule has 21 heavy (non-hydrogen) atoms. The first kappa shape index (κ1) is 14.5. The average molecular weight is 299 g/mol. The summed E-state index contributed by atoms with van der Waals surface area (Å²) in [5.41, 5.74) is 3.99. The molecule has 0 amide bonds. The van der Waals surface area contributed by atoms with Gasteiger partial charge in [-0.3, -0.25) is 0 Å². The molecule has 1 aromatic carbocycles. The zero-order chi connectivity index (χ0) is 14.8. The van der Waals surface area contributed by atoms with Crippen LogP contribution in [-0.2, 0) is 0 Å². The van der Waals surface area contributed by atoms with Gasteiger partial charge in [-0.05, 0) is 55.4 Å². The minimum Gasteiger partial charge on any atom is -0.508 e. The van der Waals surface area contributed by atoms with E-state index in [1.807, 2.05) is 30.0 Å². The standard InChI is InChI=1S/C18H21NOS/c1-19(2)12-17-14(6-7-18-16(17)8-9-21-18)10-13-4-3-5-15(20)11-13/h3-7,10-11,17,20H,8-9,12H2,1-2H3/b14-10-. The summed E-state index contributed by atoms with van der Waals surface area (Å²) in [5.74, 6) is 2.00. The molecule has 1 aliphatic heterocycles. The summed E-state index contributed by atoms with van der Waals surface area (Å²) in [4.78, 5) is 3.73. The van der Waals surface area contributed by atoms with E-state index >= 15 is 0 Å². The van der Waals surface area contributed by atoms with E-state index in [9.17, 15) is 5.11 Å². The molecule has 0 aromatic heterocycles. The number of rotatable bonds is 3. The number of phenolic OH excluding ortho intramolecular Hbond substituents is 1. The third-order valence-electron chi connectivity index (χ3n) is 3.95. The second-order valence-electron chi connectivity index (χ2n) is 5.88. The van der Waals surface area contributed by atoms with Gasteiger partial charge in [0.25, 0.3) is 0 Å². The lowest BCUT2D eigenvalue weighted by Crippen LogP contribution is -2.25. The van der Waals surface area contributed by atoms with E-state index in [-0.39, 0.29) is 0 Å². The topological polar surface area (TPSA) is 23.5 Å². The van der Waals surface area contributed by atoms with Crippen LogP contribution >= 0.6 is 11.8 Å². The Kier molecular flexibility index (Phi) is 4.22. The maximum Gasteiger partial charge on any atom is 0.116 e. The van der Waals surface area contributed by atoms with Gasteiger partial charge in [0.15, 0.2) is 0 Å². The molecule has 0 saturated carbocycles. The summed E-state index contributed by atoms with van der Waals surface area (Å²) < 4.78 is 0. The molecule has 2 aliphatic rings. The predicted molar refractivity (Wildman–Crippen MR) is 91.4 cm³/mol. The van der Waals surface area contributed by atoms with Gasteiger partial charge in [0, 0.05) is 23.1 Å². The van der Waals surface area contributed by atoms with Crippen LogP contribution in [-0.4, -0.2) is 36.4 Å². The monoisotopic (exact) mass is 299 g/mol. The van der Waals surface area contributed by atoms with Crippen LogP contribution in [0.4, 0.5) is 0 Å². The van der Waals surface area contributed by atoms with E-state index in [0.29, 0.717) is 11.7 Å². The maximum atomic E-state index is 9.64. The van der Waals surface area contributed by atoms with Crippen molar-refractivity contribution in [3.63, 3.8) is 0 Å². The van der Waals surface area contributed by atoms with Crippen molar-refractivity contribution in [1.82, 2.24) is 4.90 Å². The largest absolute Gasteiger partial charge is 0.508 e. The number of benzene rings is 1. The van der Waals surface area contributed by atoms with Gasteiger partial charge < -0.3 is 10.0 Å². The Morgan fingerprint density at radius 2 is 2.19 bits per heavy atom. The third-order valence-corrected chi connectivity index (χ3v) is 5.06. The summed E-state index contributed by atoms with van der Waals surface area (Å²) in [6.45, 7) is 1.04. The second-order valence-corrected chi connectivity index (χ2v) is 7.01. The van der Waals surface area contributed by atoms with Crippen molar-refractivity contribution in [1.29, 1.82) is 0 Å². The molecule has 0 bridgehead atoms. The van der Waals surface area contributed by atoms with Gasteiger partial charge in [-0.25, -0.2) is 0 Å². The number of nitrogens with zero attached hydrogens (tertiary/aromatic N) is 1. The van der Waals surface area contributed by atoms with Gasteiger partial charge >= 0.3 is 0 Å². The lowest BCUT2D eigenvalue weighted by Gasteiger charge is -2.27. The predicted octanol–water partition coefficient (Wildman–Crippen LogP) is 3.91. The molecule has 1 heterocycles. The van der Waals surface area contributed by atoms with Gasteiger partial charge in [0.1, 0.15) is 5.75 Å². The first-order chi connectivity index (χ1) is 10.1. The maximum absolute atomic E-state index is 9.64. The molecule has 1 unspecified atom stereocenters. The van der Waals surface area contributed by atoms with Crippen LogP contribution in [0.25, 0.3) is 6.08 Å². The zero-order valence-electron chi connectivity index (χ0n) is 12.5. The van der Waals surface area contributed by atoms with E-state index in [0.717, 1.165) is 12.1 Å². The summed E-state index contributed by atoms with van der Waals surface area (Å²) in [6.07, 6.45) is 7.90. The van der Waals surface area contributed by atoms with Crippen LogP contribution in [0.1, 0.15) is 12.0 Å². The van der Waals surface area contributed by atoms with Crippen LogP contribution in [0, 0.1) is 5.92 Å². The fourth-order valence-corrected chi connectivity index (χ4v) is 4.15. The molecule has 110 valence electrons. The molecular formula is C18H21NOS. The van der Waals surface area contributed by atoms with Crippen LogP contribution in [0.2, 0.25) is 0 Å². The lowest BCUT2D eigenvalue weighted by atomic mass is 9.84. The van der Waals surface area contributed by atoms with Crippen molar-refractivity contribution < 1.29 is 5.11 Å². The van der Waals surface area contributed by atoms with Crippen LogP contribution in [0.15, 0.2) is 52.5 Å². The van der Waals surface area contributed by atoms with E-state index in [1.165, 1.54) is 22.7 Å². The molecule has 3 heteroatoms. The van der Waals surface area contributed by atoms with E-state index in [2.05, 4.69) is 37.2 Å². The number of allylic oxidation sites excluding steroid dienone is 2. The Balaban J connectivity index is 1.95. The molecule has 1 aromatic rings. The van der Waals surface area contributed by atoms with Gasteiger partial charge in [-0.1, -0.05) is 24.3 Å². The number of thioether (sulfide) groups is 1. The van der Waals surface area contributed by atoms with Gasteiger partial charge in [0.05, 0.1) is 0 Å². The van der Waals surface area contributed by atoms with Crippen molar-refractivity contribution in [2.45, 2.75) is 6.42 Å². The van der Waals surface area contributed by atoms with Gasteiger partial charge in [-0.15, -0.1) is 11.8 Å². The quantitative estimate of drug-likeness (QED) is 0.915. The number of phenols is 1. The van der Waals surface area contributed by atoms with Crippen LogP contribution in [0.3, 0.4) is 0 Å². The Morgan fingerprint density at radius 3 is 2.95 bits per heavy atom. The van der Waals surface area contributed by atoms with Crippen molar-refractivity contribution in [2.75, 3.05) is 26.4 Å². The smallest absolute Gasteiger partial charge is 0.116 e. The van der Waals surface area contributed by atoms with Crippen molar-refractivity contribution in [3.05, 3.63) is 58.0 Å². The molecule has 0 spiro atoms. The van der Waals surface area contributed by atoms with Gasteiger partial charge in [0.2, 0.25) is 0 Å². The van der Waals surface area contributed by atoms with E-state index in [1.54, 1.807) is 11.6 Å². The Hall–Kier alpha value is -1.45. The molecule has 1 aliphatic carbocycles. The normalized spacial score (nSPS) is 23.2. The number of hydrogen-bond acceptors (Lipinski definition) is 3. The summed E-state index contributed by atoms with van der Waals surface area (Å²) in [7, 11) is 4.26. The van der Waals surface area contributed by atoms with Gasteiger partial charge in [-0.2, -0.15) is 0 Å². The van der Waals surface area contributed by atoms with Crippen LogP contribution in [0.5, 0.6) is 5.75 Å². The lowest BCUT2D eigenvalue weighted by molar-refractivity contribution is 0.371. The molecule has 1 N–H and O–H groups in total. The highest BCUT2D eigenvalue weighted by Crippen LogP contribution is 2.43. The minimum atomic E-state index is 0.324. The third kappa shape index (κ3) is 3.25. The Morgan fingerprint density at radius 1 is 1.33 bits per heavy atom. The molecule has 3 rings (SSSR count). The fourth-order valence-electron chi connectivity index (χ4n) is 3.01. The van der Waals surface area contributed by atoms with E-state index in [4.69, 9.17) is 0 Å². The van der Waals surface area contributed by atoms with Crippen molar-refractivity contribution >= 4 is 17.8 Å². The molecule has 0 fully saturated rings. The molecular weight excluding hydrogens is 278 g/mol. The zero-order valence-corrected chi connectivity index (χ0v) is 13.4. The summed E-state index contributed by atoms with van der Waals surface area (Å²) >= 11 is 1.98. The van der Waals surface area contributed by atoms with E-state index < -0.39 is 0 Å². The minimum absolute atomic E-state index is 0.324. The highest BCUT2D eigenvalue weighted by molar-refractivity contribution is 8.03. The molecule has 1 atom stereocenters. The Labute approximate surface area is 130 Å². The molecule has 0 saturated heterocycles. The summed E-state index contributed by atoms with van der Waals surface area (Å²) in [6, 6.07) is 7.47. The van der Waals surface area contributed by atoms with Crippen LogP contribution < -0.4 is 0 Å². The molecule has 0 radical (unpaired) electrons. The summed E-state index contributed by atoms with van der Waals surface area (Å²) in [5, 5.41) is 9.64. The SMILES string of the molecule is CN(C)CC1C2=C(C=C/C1=C/c1cccc(O)c1)SCC2. The van der Waals surface area contributed by atoms with Crippen molar-refractivity contribution in [2.24, 2.45) is 5.92 Å². The van der Waals surface area contributed by atoms with Crippen molar-refractivity contribution in [3.8, 4) is 5.75 Å².